The molecule has 0 aliphatic heterocycles. The predicted molar refractivity (Wildman–Crippen MR) is 65.4 cm³/mol. The molecule has 0 spiro atoms. The number of alkyl halides is 1. The molecule has 2 rings (SSSR count). The number of benzene rings is 1. The van der Waals surface area contributed by atoms with E-state index in [9.17, 15) is 0 Å². The number of nitrogens with one attached hydrogen (secondary N) is 1. The maximum Gasteiger partial charge on any atom is 0.0481 e. The zero-order valence-electron chi connectivity index (χ0n) is 9.00. The first-order chi connectivity index (χ1) is 7.27. The molecule has 15 heavy (non-hydrogen) atoms. The number of hydrogen-bond donors (Lipinski definition) is 1. The summed E-state index contributed by atoms with van der Waals surface area (Å²) >= 11 is 5.94. The first kappa shape index (κ1) is 10.5. The van der Waals surface area contributed by atoms with Crippen molar-refractivity contribution >= 4 is 22.5 Å². The minimum absolute atomic E-state index is 0.220. The molecule has 3 heteroatoms. The second kappa shape index (κ2) is 4.25. The monoisotopic (exact) mass is 222 g/mol. The van der Waals surface area contributed by atoms with Gasteiger partial charge in [-0.25, -0.2) is 0 Å². The molecule has 0 amide bonds. The van der Waals surface area contributed by atoms with Crippen LogP contribution in [0.2, 0.25) is 0 Å². The molecular weight excluding hydrogens is 208 g/mol. The Bertz CT molecular complexity index is 458. The van der Waals surface area contributed by atoms with Gasteiger partial charge < -0.3 is 9.88 Å². The average molecular weight is 223 g/mol. The summed E-state index contributed by atoms with van der Waals surface area (Å²) in [7, 11) is 4.00. The fraction of sp³-hybridized carbons (Fsp3) is 0.333. The smallest absolute Gasteiger partial charge is 0.0481 e. The number of nitrogens with zero attached hydrogens (tertiary/aromatic N) is 1. The first-order valence-corrected chi connectivity index (χ1v) is 5.58. The number of halogens is 1. The summed E-state index contributed by atoms with van der Waals surface area (Å²) in [6, 6.07) is 8.60. The zero-order chi connectivity index (χ0) is 10.8. The molecule has 1 atom stereocenters. The molecule has 1 aromatic heterocycles. The third-order valence-corrected chi connectivity index (χ3v) is 3.11. The SMILES string of the molecule is CNC(CCl)c1cn(C)c2ccccc12. The molecule has 0 bridgehead atoms. The van der Waals surface area contributed by atoms with Crippen LogP contribution >= 0.6 is 11.6 Å². The van der Waals surface area contributed by atoms with Crippen molar-refractivity contribution in [2.45, 2.75) is 6.04 Å². The Morgan fingerprint density at radius 1 is 1.40 bits per heavy atom. The van der Waals surface area contributed by atoms with Crippen molar-refractivity contribution in [2.75, 3.05) is 12.9 Å². The van der Waals surface area contributed by atoms with Crippen LogP contribution in [-0.2, 0) is 7.05 Å². The second-order valence-electron chi connectivity index (χ2n) is 3.71. The van der Waals surface area contributed by atoms with Crippen molar-refractivity contribution < 1.29 is 0 Å². The summed E-state index contributed by atoms with van der Waals surface area (Å²) in [5.74, 6) is 0.588. The van der Waals surface area contributed by atoms with Crippen LogP contribution < -0.4 is 5.32 Å². The van der Waals surface area contributed by atoms with E-state index in [1.807, 2.05) is 7.05 Å². The Morgan fingerprint density at radius 2 is 2.13 bits per heavy atom. The fourth-order valence-corrected chi connectivity index (χ4v) is 2.29. The highest BCUT2D eigenvalue weighted by Crippen LogP contribution is 2.26. The topological polar surface area (TPSA) is 17.0 Å². The van der Waals surface area contributed by atoms with Crippen LogP contribution in [0.1, 0.15) is 11.6 Å². The highest BCUT2D eigenvalue weighted by molar-refractivity contribution is 6.18. The molecule has 0 fully saturated rings. The van der Waals surface area contributed by atoms with Crippen LogP contribution in [0.15, 0.2) is 30.5 Å². The lowest BCUT2D eigenvalue weighted by Crippen LogP contribution is -2.17. The first-order valence-electron chi connectivity index (χ1n) is 5.05. The van der Waals surface area contributed by atoms with Gasteiger partial charge in [-0.05, 0) is 18.7 Å². The van der Waals surface area contributed by atoms with E-state index in [0.717, 1.165) is 0 Å². The highest BCUT2D eigenvalue weighted by atomic mass is 35.5. The Morgan fingerprint density at radius 3 is 2.80 bits per heavy atom. The average Bonchev–Trinajstić information content (AvgIpc) is 2.60. The van der Waals surface area contributed by atoms with Crippen molar-refractivity contribution in [2.24, 2.45) is 7.05 Å². The third-order valence-electron chi connectivity index (χ3n) is 2.81. The molecule has 0 aliphatic rings. The van der Waals surface area contributed by atoms with Gasteiger partial charge in [-0.2, -0.15) is 0 Å². The van der Waals surface area contributed by atoms with E-state index in [1.54, 1.807) is 0 Å². The van der Waals surface area contributed by atoms with E-state index in [-0.39, 0.29) is 6.04 Å². The minimum atomic E-state index is 0.220. The van der Waals surface area contributed by atoms with Gasteiger partial charge in [0, 0.05) is 36.1 Å². The molecule has 2 nitrogen and oxygen atoms in total. The van der Waals surface area contributed by atoms with E-state index < -0.39 is 0 Å². The van der Waals surface area contributed by atoms with Crippen LogP contribution in [0.3, 0.4) is 0 Å². The van der Waals surface area contributed by atoms with Crippen LogP contribution in [-0.4, -0.2) is 17.5 Å². The standard InChI is InChI=1S/C12H15ClN2/c1-14-11(7-13)10-8-15(2)12-6-4-3-5-9(10)12/h3-6,8,11,14H,7H2,1-2H3. The Kier molecular flexibility index (Phi) is 2.98. The highest BCUT2D eigenvalue weighted by Gasteiger charge is 2.13. The quantitative estimate of drug-likeness (QED) is 0.791. The summed E-state index contributed by atoms with van der Waals surface area (Å²) in [6.07, 6.45) is 2.15. The number of rotatable bonds is 3. The fourth-order valence-electron chi connectivity index (χ4n) is 1.97. The van der Waals surface area contributed by atoms with Crippen LogP contribution in [0.4, 0.5) is 0 Å². The summed E-state index contributed by atoms with van der Waals surface area (Å²) < 4.78 is 2.14. The van der Waals surface area contributed by atoms with Crippen molar-refractivity contribution in [1.29, 1.82) is 0 Å². The molecule has 1 N–H and O–H groups in total. The van der Waals surface area contributed by atoms with Gasteiger partial charge in [0.2, 0.25) is 0 Å². The Labute approximate surface area is 94.8 Å². The van der Waals surface area contributed by atoms with Gasteiger partial charge in [0.25, 0.3) is 0 Å². The largest absolute Gasteiger partial charge is 0.350 e. The number of aromatic nitrogens is 1. The third kappa shape index (κ3) is 1.75. The normalized spacial score (nSPS) is 13.3. The number of fused-ring (bicyclic) bond motifs is 1. The molecule has 0 saturated carbocycles. The summed E-state index contributed by atoms with van der Waals surface area (Å²) in [5, 5.41) is 4.51. The molecule has 1 aromatic carbocycles. The maximum atomic E-state index is 5.94. The van der Waals surface area contributed by atoms with Gasteiger partial charge >= 0.3 is 0 Å². The Hall–Kier alpha value is -0.990. The van der Waals surface area contributed by atoms with Gasteiger partial charge in [-0.1, -0.05) is 18.2 Å². The van der Waals surface area contributed by atoms with Gasteiger partial charge in [-0.3, -0.25) is 0 Å². The maximum absolute atomic E-state index is 5.94. The number of para-hydroxylation sites is 1. The van der Waals surface area contributed by atoms with E-state index in [4.69, 9.17) is 11.6 Å². The van der Waals surface area contributed by atoms with E-state index in [2.05, 4.69) is 47.4 Å². The lowest BCUT2D eigenvalue weighted by molar-refractivity contribution is 0.660. The van der Waals surface area contributed by atoms with Crippen LogP contribution in [0.5, 0.6) is 0 Å². The van der Waals surface area contributed by atoms with Crippen LogP contribution in [0.25, 0.3) is 10.9 Å². The predicted octanol–water partition coefficient (Wildman–Crippen LogP) is 2.68. The lowest BCUT2D eigenvalue weighted by atomic mass is 10.1. The van der Waals surface area contributed by atoms with Crippen molar-refractivity contribution in [3.8, 4) is 0 Å². The van der Waals surface area contributed by atoms with Gasteiger partial charge in [0.05, 0.1) is 0 Å². The van der Waals surface area contributed by atoms with Gasteiger partial charge in [0.1, 0.15) is 0 Å². The van der Waals surface area contributed by atoms with Crippen LogP contribution in [0, 0.1) is 0 Å². The van der Waals surface area contributed by atoms with Crippen molar-refractivity contribution in [1.82, 2.24) is 9.88 Å². The number of aryl methyl sites for hydroxylation is 1. The zero-order valence-corrected chi connectivity index (χ0v) is 9.75. The van der Waals surface area contributed by atoms with Gasteiger partial charge in [0.15, 0.2) is 0 Å². The van der Waals surface area contributed by atoms with Gasteiger partial charge in [-0.15, -0.1) is 11.6 Å². The molecule has 80 valence electrons. The summed E-state index contributed by atoms with van der Waals surface area (Å²) in [4.78, 5) is 0. The second-order valence-corrected chi connectivity index (χ2v) is 4.02. The molecule has 0 radical (unpaired) electrons. The number of hydrogen-bond acceptors (Lipinski definition) is 1. The molecule has 0 saturated heterocycles. The molecule has 1 unspecified atom stereocenters. The van der Waals surface area contributed by atoms with E-state index >= 15 is 0 Å². The molecule has 2 aromatic rings. The lowest BCUT2D eigenvalue weighted by Gasteiger charge is -2.11. The minimum Gasteiger partial charge on any atom is -0.350 e. The Balaban J connectivity index is 2.61. The van der Waals surface area contributed by atoms with E-state index in [0.29, 0.717) is 5.88 Å². The molecule has 1 heterocycles. The molecular formula is C12H15ClN2. The van der Waals surface area contributed by atoms with Crippen molar-refractivity contribution in [3.63, 3.8) is 0 Å². The van der Waals surface area contributed by atoms with Crippen molar-refractivity contribution in [3.05, 3.63) is 36.0 Å². The molecule has 0 aliphatic carbocycles. The summed E-state index contributed by atoms with van der Waals surface area (Å²) in [6.45, 7) is 0. The summed E-state index contributed by atoms with van der Waals surface area (Å²) in [5.41, 5.74) is 2.52. The van der Waals surface area contributed by atoms with E-state index in [1.165, 1.54) is 16.5 Å².